The first-order valence-electron chi connectivity index (χ1n) is 11.4. The van der Waals surface area contributed by atoms with Crippen LogP contribution in [0, 0.1) is 0 Å². The van der Waals surface area contributed by atoms with Crippen LogP contribution in [0.15, 0.2) is 72.8 Å². The van der Waals surface area contributed by atoms with Gasteiger partial charge in [-0.3, -0.25) is 4.79 Å². The number of hydrogen-bond donors (Lipinski definition) is 0. The highest BCUT2D eigenvalue weighted by molar-refractivity contribution is 6.33. The van der Waals surface area contributed by atoms with Gasteiger partial charge in [0.2, 0.25) is 5.91 Å². The van der Waals surface area contributed by atoms with Gasteiger partial charge in [0, 0.05) is 18.9 Å². The van der Waals surface area contributed by atoms with Gasteiger partial charge in [-0.05, 0) is 48.4 Å². The van der Waals surface area contributed by atoms with E-state index in [1.54, 1.807) is 4.90 Å². The Kier molecular flexibility index (Phi) is 6.05. The Morgan fingerprint density at radius 2 is 1.79 bits per heavy atom. The van der Waals surface area contributed by atoms with Crippen molar-refractivity contribution in [3.05, 3.63) is 89.2 Å². The lowest BCUT2D eigenvalue weighted by Gasteiger charge is -2.18. The van der Waals surface area contributed by atoms with Gasteiger partial charge >= 0.3 is 0 Å². The molecule has 1 fully saturated rings. The maximum Gasteiger partial charge on any atom is 0.227 e. The number of rotatable bonds is 7. The molecule has 5 nitrogen and oxygen atoms in total. The van der Waals surface area contributed by atoms with Crippen LogP contribution in [0.4, 0.5) is 5.69 Å². The molecule has 1 unspecified atom stereocenters. The van der Waals surface area contributed by atoms with E-state index in [0.29, 0.717) is 31.1 Å². The van der Waals surface area contributed by atoms with Crippen LogP contribution >= 0.6 is 11.6 Å². The third-order valence-electron chi connectivity index (χ3n) is 6.23. The number of carbonyl (C=O) groups excluding carboxylic acids is 1. The smallest absolute Gasteiger partial charge is 0.227 e. The van der Waals surface area contributed by atoms with E-state index in [2.05, 4.69) is 29.7 Å². The summed E-state index contributed by atoms with van der Waals surface area (Å²) in [6.45, 7) is 3.88. The van der Waals surface area contributed by atoms with Gasteiger partial charge in [0.15, 0.2) is 0 Å². The van der Waals surface area contributed by atoms with Crippen LogP contribution in [-0.4, -0.2) is 28.6 Å². The number of aryl methyl sites for hydroxylation is 1. The number of imidazole rings is 1. The summed E-state index contributed by atoms with van der Waals surface area (Å²) in [7, 11) is 0. The van der Waals surface area contributed by atoms with Gasteiger partial charge in [0.1, 0.15) is 18.2 Å². The molecule has 1 amide bonds. The summed E-state index contributed by atoms with van der Waals surface area (Å²) in [5.41, 5.74) is 4.04. The molecule has 0 saturated carbocycles. The fourth-order valence-corrected chi connectivity index (χ4v) is 4.74. The predicted octanol–water partition coefficient (Wildman–Crippen LogP) is 5.85. The Morgan fingerprint density at radius 1 is 1.03 bits per heavy atom. The first-order valence-corrected chi connectivity index (χ1v) is 11.7. The molecule has 0 spiro atoms. The number of para-hydroxylation sites is 3. The van der Waals surface area contributed by atoms with E-state index in [9.17, 15) is 4.79 Å². The summed E-state index contributed by atoms with van der Waals surface area (Å²) in [5, 5.41) is 0.586. The summed E-state index contributed by atoms with van der Waals surface area (Å²) in [4.78, 5) is 19.6. The minimum Gasteiger partial charge on any atom is -0.492 e. The maximum atomic E-state index is 12.9. The molecule has 5 rings (SSSR count). The number of anilines is 1. The van der Waals surface area contributed by atoms with E-state index in [1.807, 2.05) is 54.6 Å². The van der Waals surface area contributed by atoms with Crippen molar-refractivity contribution in [1.82, 2.24) is 9.55 Å². The van der Waals surface area contributed by atoms with Crippen LogP contribution < -0.4 is 9.64 Å². The minimum absolute atomic E-state index is 0.00925. The molecule has 0 radical (unpaired) electrons. The number of hydrogen-bond acceptors (Lipinski definition) is 3. The van der Waals surface area contributed by atoms with Crippen molar-refractivity contribution < 1.29 is 9.53 Å². The molecule has 33 heavy (non-hydrogen) atoms. The van der Waals surface area contributed by atoms with E-state index in [1.165, 1.54) is 5.56 Å². The molecular weight excluding hydrogens is 434 g/mol. The molecule has 1 aliphatic heterocycles. The second kappa shape index (κ2) is 9.28. The zero-order valence-electron chi connectivity index (χ0n) is 18.6. The molecule has 0 bridgehead atoms. The summed E-state index contributed by atoms with van der Waals surface area (Å²) < 4.78 is 8.23. The van der Waals surface area contributed by atoms with Gasteiger partial charge < -0.3 is 14.2 Å². The Bertz CT molecular complexity index is 1280. The number of benzene rings is 3. The lowest BCUT2D eigenvalue weighted by molar-refractivity contribution is -0.117. The van der Waals surface area contributed by atoms with Crippen LogP contribution in [0.5, 0.6) is 5.75 Å². The molecule has 2 heterocycles. The van der Waals surface area contributed by atoms with E-state index in [0.717, 1.165) is 34.7 Å². The highest BCUT2D eigenvalue weighted by Crippen LogP contribution is 2.36. The van der Waals surface area contributed by atoms with Crippen molar-refractivity contribution in [1.29, 1.82) is 0 Å². The zero-order valence-corrected chi connectivity index (χ0v) is 19.3. The van der Waals surface area contributed by atoms with Gasteiger partial charge in [-0.15, -0.1) is 0 Å². The fraction of sp³-hybridized carbons (Fsp3) is 0.259. The largest absolute Gasteiger partial charge is 0.492 e. The number of amides is 1. The molecule has 1 aromatic heterocycles. The monoisotopic (exact) mass is 459 g/mol. The molecule has 4 aromatic rings. The Labute approximate surface area is 198 Å². The molecule has 0 aliphatic carbocycles. The van der Waals surface area contributed by atoms with E-state index < -0.39 is 0 Å². The van der Waals surface area contributed by atoms with Crippen molar-refractivity contribution in [3.63, 3.8) is 0 Å². The molecule has 1 saturated heterocycles. The van der Waals surface area contributed by atoms with Crippen LogP contribution in [0.1, 0.15) is 30.7 Å². The fourth-order valence-electron chi connectivity index (χ4n) is 4.50. The molecule has 1 aliphatic rings. The normalized spacial score (nSPS) is 16.0. The van der Waals surface area contributed by atoms with Crippen molar-refractivity contribution in [2.24, 2.45) is 0 Å². The topological polar surface area (TPSA) is 47.4 Å². The van der Waals surface area contributed by atoms with Crippen molar-refractivity contribution in [2.75, 3.05) is 18.1 Å². The van der Waals surface area contributed by atoms with E-state index in [4.69, 9.17) is 21.3 Å². The summed E-state index contributed by atoms with van der Waals surface area (Å²) >= 11 is 6.37. The molecule has 0 N–H and O–H groups in total. The third-order valence-corrected chi connectivity index (χ3v) is 6.55. The lowest BCUT2D eigenvalue weighted by Crippen LogP contribution is -2.25. The maximum absolute atomic E-state index is 12.9. The SMILES string of the molecule is CCc1ccc(OCCn2c(C3CC(=O)N(c4ccccc4Cl)C3)nc3ccccc32)cc1. The Hall–Kier alpha value is -3.31. The average molecular weight is 460 g/mol. The standard InChI is InChI=1S/C27H26ClN3O2/c1-2-19-11-13-21(14-12-19)33-16-15-30-25-10-6-4-8-23(25)29-27(30)20-17-26(32)31(18-20)24-9-5-3-7-22(24)28/h3-14,20H,2,15-18H2,1H3. The number of halogens is 1. The van der Waals surface area contributed by atoms with Crippen molar-refractivity contribution >= 4 is 34.2 Å². The third kappa shape index (κ3) is 4.33. The number of aromatic nitrogens is 2. The second-order valence-electron chi connectivity index (χ2n) is 8.31. The van der Waals surface area contributed by atoms with Gasteiger partial charge in [-0.1, -0.05) is 54.9 Å². The number of carbonyl (C=O) groups is 1. The predicted molar refractivity (Wildman–Crippen MR) is 132 cm³/mol. The van der Waals surface area contributed by atoms with Gasteiger partial charge in [0.05, 0.1) is 28.3 Å². The number of fused-ring (bicyclic) bond motifs is 1. The molecule has 168 valence electrons. The second-order valence-corrected chi connectivity index (χ2v) is 8.72. The molecule has 3 aromatic carbocycles. The van der Waals surface area contributed by atoms with E-state index in [-0.39, 0.29) is 11.8 Å². The average Bonchev–Trinajstić information content (AvgIpc) is 3.40. The van der Waals surface area contributed by atoms with Gasteiger partial charge in [0.25, 0.3) is 0 Å². The summed E-state index contributed by atoms with van der Waals surface area (Å²) in [6.07, 6.45) is 1.42. The highest BCUT2D eigenvalue weighted by atomic mass is 35.5. The molecule has 6 heteroatoms. The van der Waals surface area contributed by atoms with E-state index >= 15 is 0 Å². The van der Waals surface area contributed by atoms with Crippen molar-refractivity contribution in [3.8, 4) is 5.75 Å². The minimum atomic E-state index is -0.00925. The highest BCUT2D eigenvalue weighted by Gasteiger charge is 2.35. The zero-order chi connectivity index (χ0) is 22.8. The lowest BCUT2D eigenvalue weighted by atomic mass is 10.1. The van der Waals surface area contributed by atoms with Crippen LogP contribution in [-0.2, 0) is 17.8 Å². The number of nitrogens with zero attached hydrogens (tertiary/aromatic N) is 3. The quantitative estimate of drug-likeness (QED) is 0.348. The van der Waals surface area contributed by atoms with Gasteiger partial charge in [-0.25, -0.2) is 4.98 Å². The van der Waals surface area contributed by atoms with Crippen molar-refractivity contribution in [2.45, 2.75) is 32.2 Å². The number of ether oxygens (including phenoxy) is 1. The first-order chi connectivity index (χ1) is 16.1. The Balaban J connectivity index is 1.38. The van der Waals surface area contributed by atoms with Crippen LogP contribution in [0.2, 0.25) is 5.02 Å². The van der Waals surface area contributed by atoms with Gasteiger partial charge in [-0.2, -0.15) is 0 Å². The first kappa shape index (κ1) is 21.5. The Morgan fingerprint density at radius 3 is 2.58 bits per heavy atom. The van der Waals surface area contributed by atoms with Crippen LogP contribution in [0.25, 0.3) is 11.0 Å². The van der Waals surface area contributed by atoms with Crippen LogP contribution in [0.3, 0.4) is 0 Å². The summed E-state index contributed by atoms with van der Waals surface area (Å²) in [5.74, 6) is 1.84. The molecular formula is C27H26ClN3O2. The summed E-state index contributed by atoms with van der Waals surface area (Å²) in [6, 6.07) is 23.8. The molecule has 1 atom stereocenters.